The number of aliphatic carboxylic acids is 1. The fourth-order valence-corrected chi connectivity index (χ4v) is 2.46. The Hall–Kier alpha value is -1.69. The molecule has 2 unspecified atom stereocenters. The first-order chi connectivity index (χ1) is 9.42. The fourth-order valence-electron chi connectivity index (χ4n) is 1.59. The number of carbonyl (C=O) groups is 2. The van der Waals surface area contributed by atoms with E-state index in [9.17, 15) is 9.59 Å². The van der Waals surface area contributed by atoms with Gasteiger partial charge in [0.25, 0.3) is 0 Å². The van der Waals surface area contributed by atoms with E-state index in [0.29, 0.717) is 0 Å². The highest BCUT2D eigenvalue weighted by Gasteiger charge is 2.17. The zero-order chi connectivity index (χ0) is 15.1. The number of rotatable bonds is 7. The van der Waals surface area contributed by atoms with Gasteiger partial charge in [0.15, 0.2) is 0 Å². The molecule has 6 heteroatoms. The Bertz CT molecular complexity index is 461. The minimum absolute atomic E-state index is 0.0777. The van der Waals surface area contributed by atoms with E-state index in [4.69, 9.17) is 9.84 Å². The summed E-state index contributed by atoms with van der Waals surface area (Å²) in [6.45, 7) is 3.47. The third-order valence-electron chi connectivity index (χ3n) is 2.61. The summed E-state index contributed by atoms with van der Waals surface area (Å²) in [4.78, 5) is 23.4. The van der Waals surface area contributed by atoms with Gasteiger partial charge in [-0.1, -0.05) is 0 Å². The first-order valence-corrected chi connectivity index (χ1v) is 7.13. The SMILES string of the molecule is COc1ccc(SC(C)C(=O)NC(C)CC(=O)O)cc1. The Morgan fingerprint density at radius 3 is 2.40 bits per heavy atom. The van der Waals surface area contributed by atoms with Gasteiger partial charge in [-0.25, -0.2) is 0 Å². The van der Waals surface area contributed by atoms with Crippen molar-refractivity contribution < 1.29 is 19.4 Å². The summed E-state index contributed by atoms with van der Waals surface area (Å²) in [5, 5.41) is 11.0. The van der Waals surface area contributed by atoms with Crippen molar-refractivity contribution >= 4 is 23.6 Å². The van der Waals surface area contributed by atoms with Crippen molar-refractivity contribution in [2.75, 3.05) is 7.11 Å². The van der Waals surface area contributed by atoms with Crippen LogP contribution in [0.4, 0.5) is 0 Å². The van der Waals surface area contributed by atoms with Crippen LogP contribution in [-0.4, -0.2) is 35.4 Å². The molecule has 0 saturated carbocycles. The van der Waals surface area contributed by atoms with Crippen LogP contribution in [0.3, 0.4) is 0 Å². The van der Waals surface area contributed by atoms with Gasteiger partial charge in [-0.3, -0.25) is 9.59 Å². The van der Waals surface area contributed by atoms with Crippen molar-refractivity contribution in [1.29, 1.82) is 0 Å². The van der Waals surface area contributed by atoms with Crippen molar-refractivity contribution in [3.8, 4) is 5.75 Å². The lowest BCUT2D eigenvalue weighted by Crippen LogP contribution is -2.38. The molecule has 0 saturated heterocycles. The molecule has 0 spiro atoms. The van der Waals surface area contributed by atoms with Crippen molar-refractivity contribution in [3.63, 3.8) is 0 Å². The molecule has 5 nitrogen and oxygen atoms in total. The quantitative estimate of drug-likeness (QED) is 0.754. The lowest BCUT2D eigenvalue weighted by molar-refractivity contribution is -0.137. The lowest BCUT2D eigenvalue weighted by atomic mass is 10.2. The second-order valence-electron chi connectivity index (χ2n) is 4.44. The molecule has 2 atom stereocenters. The highest BCUT2D eigenvalue weighted by molar-refractivity contribution is 8.00. The lowest BCUT2D eigenvalue weighted by Gasteiger charge is -2.16. The van der Waals surface area contributed by atoms with Crippen molar-refractivity contribution in [2.45, 2.75) is 36.5 Å². The third kappa shape index (κ3) is 5.52. The number of thioether (sulfide) groups is 1. The first kappa shape index (κ1) is 16.4. The molecule has 0 fully saturated rings. The van der Waals surface area contributed by atoms with Crippen LogP contribution in [0, 0.1) is 0 Å². The monoisotopic (exact) mass is 297 g/mol. The van der Waals surface area contributed by atoms with Gasteiger partial charge in [-0.15, -0.1) is 11.8 Å². The van der Waals surface area contributed by atoms with Crippen LogP contribution in [0.1, 0.15) is 20.3 Å². The minimum atomic E-state index is -0.923. The van der Waals surface area contributed by atoms with E-state index in [0.717, 1.165) is 10.6 Å². The van der Waals surface area contributed by atoms with E-state index in [2.05, 4.69) is 5.32 Å². The Morgan fingerprint density at radius 2 is 1.90 bits per heavy atom. The van der Waals surface area contributed by atoms with E-state index < -0.39 is 5.97 Å². The Labute approximate surface area is 122 Å². The van der Waals surface area contributed by atoms with Crippen molar-refractivity contribution in [1.82, 2.24) is 5.32 Å². The highest BCUT2D eigenvalue weighted by atomic mass is 32.2. The predicted molar refractivity (Wildman–Crippen MR) is 78.2 cm³/mol. The largest absolute Gasteiger partial charge is 0.497 e. The maximum absolute atomic E-state index is 11.9. The van der Waals surface area contributed by atoms with Gasteiger partial charge >= 0.3 is 5.97 Å². The van der Waals surface area contributed by atoms with Gasteiger partial charge in [0, 0.05) is 10.9 Å². The Kier molecular flexibility index (Phi) is 6.38. The van der Waals surface area contributed by atoms with Gasteiger partial charge in [0.1, 0.15) is 5.75 Å². The van der Waals surface area contributed by atoms with E-state index in [1.807, 2.05) is 24.3 Å². The van der Waals surface area contributed by atoms with Crippen LogP contribution >= 0.6 is 11.8 Å². The summed E-state index contributed by atoms with van der Waals surface area (Å²) in [5.74, 6) is -0.325. The van der Waals surface area contributed by atoms with Gasteiger partial charge in [0.2, 0.25) is 5.91 Å². The van der Waals surface area contributed by atoms with Crippen LogP contribution < -0.4 is 10.1 Å². The predicted octanol–water partition coefficient (Wildman–Crippen LogP) is 2.16. The molecule has 1 rings (SSSR count). The molecule has 20 heavy (non-hydrogen) atoms. The van der Waals surface area contributed by atoms with Gasteiger partial charge in [0.05, 0.1) is 18.8 Å². The number of methoxy groups -OCH3 is 1. The first-order valence-electron chi connectivity index (χ1n) is 6.25. The summed E-state index contributed by atoms with van der Waals surface area (Å²) in [6.07, 6.45) is -0.0777. The number of ether oxygens (including phenoxy) is 1. The van der Waals surface area contributed by atoms with E-state index in [-0.39, 0.29) is 23.6 Å². The standard InChI is InChI=1S/C14H19NO4S/c1-9(8-13(16)17)15-14(18)10(2)20-12-6-4-11(19-3)5-7-12/h4-7,9-10H,8H2,1-3H3,(H,15,18)(H,16,17). The number of amides is 1. The Morgan fingerprint density at radius 1 is 1.30 bits per heavy atom. The molecular weight excluding hydrogens is 278 g/mol. The maximum atomic E-state index is 11.9. The number of hydrogen-bond acceptors (Lipinski definition) is 4. The smallest absolute Gasteiger partial charge is 0.305 e. The number of nitrogens with one attached hydrogen (secondary N) is 1. The maximum Gasteiger partial charge on any atom is 0.305 e. The molecule has 0 radical (unpaired) electrons. The molecule has 0 aliphatic carbocycles. The molecule has 0 aliphatic rings. The van der Waals surface area contributed by atoms with Crippen LogP contribution in [-0.2, 0) is 9.59 Å². The van der Waals surface area contributed by atoms with E-state index in [1.54, 1.807) is 21.0 Å². The molecule has 1 aromatic rings. The summed E-state index contributed by atoms with van der Waals surface area (Å²) in [5.41, 5.74) is 0. The highest BCUT2D eigenvalue weighted by Crippen LogP contribution is 2.25. The van der Waals surface area contributed by atoms with Crippen LogP contribution in [0.5, 0.6) is 5.75 Å². The van der Waals surface area contributed by atoms with Crippen molar-refractivity contribution in [2.24, 2.45) is 0 Å². The Balaban J connectivity index is 2.50. The second kappa shape index (κ2) is 7.79. The van der Waals surface area contributed by atoms with E-state index >= 15 is 0 Å². The summed E-state index contributed by atoms with van der Waals surface area (Å²) < 4.78 is 5.07. The molecule has 0 aliphatic heterocycles. The van der Waals surface area contributed by atoms with Crippen LogP contribution in [0.2, 0.25) is 0 Å². The molecule has 2 N–H and O–H groups in total. The average molecular weight is 297 g/mol. The third-order valence-corrected chi connectivity index (χ3v) is 3.72. The molecule has 0 aromatic heterocycles. The summed E-state index contributed by atoms with van der Waals surface area (Å²) in [6, 6.07) is 7.06. The summed E-state index contributed by atoms with van der Waals surface area (Å²) in [7, 11) is 1.60. The second-order valence-corrected chi connectivity index (χ2v) is 5.86. The number of carboxylic acid groups (broad SMARTS) is 1. The zero-order valence-electron chi connectivity index (χ0n) is 11.8. The topological polar surface area (TPSA) is 75.6 Å². The minimum Gasteiger partial charge on any atom is -0.497 e. The molecule has 0 bridgehead atoms. The van der Waals surface area contributed by atoms with Crippen molar-refractivity contribution in [3.05, 3.63) is 24.3 Å². The van der Waals surface area contributed by atoms with E-state index in [1.165, 1.54) is 11.8 Å². The number of carboxylic acids is 1. The molecule has 0 heterocycles. The number of benzene rings is 1. The molecule has 1 aromatic carbocycles. The average Bonchev–Trinajstić information content (AvgIpc) is 2.38. The van der Waals surface area contributed by atoms with Gasteiger partial charge in [-0.2, -0.15) is 0 Å². The molecule has 1 amide bonds. The number of hydrogen-bond donors (Lipinski definition) is 2. The normalized spacial score (nSPS) is 13.3. The number of carbonyl (C=O) groups excluding carboxylic acids is 1. The molecule has 110 valence electrons. The van der Waals surface area contributed by atoms with Gasteiger partial charge in [-0.05, 0) is 38.1 Å². The summed E-state index contributed by atoms with van der Waals surface area (Å²) >= 11 is 1.42. The van der Waals surface area contributed by atoms with Crippen LogP contribution in [0.15, 0.2) is 29.2 Å². The fraction of sp³-hybridized carbons (Fsp3) is 0.429. The molecular formula is C14H19NO4S. The van der Waals surface area contributed by atoms with Crippen LogP contribution in [0.25, 0.3) is 0 Å². The van der Waals surface area contributed by atoms with Gasteiger partial charge < -0.3 is 15.2 Å². The zero-order valence-corrected chi connectivity index (χ0v) is 12.6.